The summed E-state index contributed by atoms with van der Waals surface area (Å²) in [7, 11) is 3.28. The van der Waals surface area contributed by atoms with Crippen LogP contribution in [-0.2, 0) is 20.8 Å². The predicted octanol–water partition coefficient (Wildman–Crippen LogP) is 4.48. The Kier molecular flexibility index (Phi) is 15.6. The van der Waals surface area contributed by atoms with Gasteiger partial charge >= 0.3 is 6.09 Å². The van der Waals surface area contributed by atoms with Crippen LogP contribution in [0.15, 0.2) is 23.8 Å². The van der Waals surface area contributed by atoms with Crippen LogP contribution in [0.25, 0.3) is 0 Å². The molecule has 0 saturated heterocycles. The quantitative estimate of drug-likeness (QED) is 0.221. The van der Waals surface area contributed by atoms with Gasteiger partial charge in [-0.3, -0.25) is 0 Å². The highest BCUT2D eigenvalue weighted by atomic mass is 16.6. The SMILES string of the molecule is CC/C=C(/C)CCOc1cc(OC)c(CNCCOCCOCCNC(=O)OC(C)(C)C)c(OC)c1. The highest BCUT2D eigenvalue weighted by Crippen LogP contribution is 2.34. The standard InChI is InChI=1S/C27H46N2O7/c1-8-9-21(2)10-13-35-22-18-24(31-6)23(25(19-22)32-7)20-28-11-14-33-16-17-34-15-12-29-26(30)36-27(3,4)5/h9,18-19,28H,8,10-17,20H2,1-7H3,(H,29,30)/b21-9-. The number of carbonyl (C=O) groups is 1. The molecule has 0 unspecified atom stereocenters. The first-order valence-electron chi connectivity index (χ1n) is 12.6. The zero-order chi connectivity index (χ0) is 26.8. The average molecular weight is 511 g/mol. The molecule has 9 heteroatoms. The molecule has 9 nitrogen and oxygen atoms in total. The Hall–Kier alpha value is -2.49. The van der Waals surface area contributed by atoms with Crippen molar-refractivity contribution in [3.8, 4) is 17.2 Å². The molecule has 0 spiro atoms. The molecule has 0 atom stereocenters. The lowest BCUT2D eigenvalue weighted by atomic mass is 10.1. The van der Waals surface area contributed by atoms with Crippen molar-refractivity contribution in [3.05, 3.63) is 29.3 Å². The second-order valence-electron chi connectivity index (χ2n) is 9.19. The smallest absolute Gasteiger partial charge is 0.407 e. The molecule has 0 radical (unpaired) electrons. The lowest BCUT2D eigenvalue weighted by Crippen LogP contribution is -2.34. The van der Waals surface area contributed by atoms with Gasteiger partial charge in [0.2, 0.25) is 0 Å². The van der Waals surface area contributed by atoms with E-state index >= 15 is 0 Å². The van der Waals surface area contributed by atoms with Crippen LogP contribution in [0.3, 0.4) is 0 Å². The minimum Gasteiger partial charge on any atom is -0.496 e. The van der Waals surface area contributed by atoms with Crippen molar-refractivity contribution in [1.29, 1.82) is 0 Å². The minimum absolute atomic E-state index is 0.388. The van der Waals surface area contributed by atoms with Gasteiger partial charge < -0.3 is 39.1 Å². The first-order chi connectivity index (χ1) is 17.2. The zero-order valence-electron chi connectivity index (χ0n) is 23.2. The van der Waals surface area contributed by atoms with E-state index in [1.165, 1.54) is 5.57 Å². The molecule has 0 heterocycles. The number of ether oxygens (including phenoxy) is 6. The van der Waals surface area contributed by atoms with Gasteiger partial charge in [-0.25, -0.2) is 4.79 Å². The number of methoxy groups -OCH3 is 2. The molecule has 206 valence electrons. The number of rotatable bonds is 18. The Labute approximate surface area is 216 Å². The molecule has 1 rings (SSSR count). The predicted molar refractivity (Wildman–Crippen MR) is 141 cm³/mol. The van der Waals surface area contributed by atoms with Crippen LogP contribution in [0.5, 0.6) is 17.2 Å². The van der Waals surface area contributed by atoms with Gasteiger partial charge in [0.15, 0.2) is 0 Å². The Balaban J connectivity index is 2.27. The van der Waals surface area contributed by atoms with Crippen LogP contribution in [0.1, 0.15) is 53.0 Å². The van der Waals surface area contributed by atoms with E-state index in [2.05, 4.69) is 30.6 Å². The maximum absolute atomic E-state index is 11.5. The van der Waals surface area contributed by atoms with E-state index in [1.807, 2.05) is 32.9 Å². The molecule has 0 aromatic heterocycles. The third-order valence-electron chi connectivity index (χ3n) is 4.91. The number of carbonyl (C=O) groups excluding carboxylic acids is 1. The summed E-state index contributed by atoms with van der Waals surface area (Å²) in [6.07, 6.45) is 3.68. The summed E-state index contributed by atoms with van der Waals surface area (Å²) < 4.78 is 33.3. The third-order valence-corrected chi connectivity index (χ3v) is 4.91. The van der Waals surface area contributed by atoms with Gasteiger partial charge in [-0.05, 0) is 34.1 Å². The summed E-state index contributed by atoms with van der Waals surface area (Å²) >= 11 is 0. The monoisotopic (exact) mass is 510 g/mol. The van der Waals surface area contributed by atoms with E-state index < -0.39 is 11.7 Å². The zero-order valence-corrected chi connectivity index (χ0v) is 23.2. The molecule has 0 aliphatic carbocycles. The Morgan fingerprint density at radius 3 is 2.11 bits per heavy atom. The molecule has 1 aromatic carbocycles. The van der Waals surface area contributed by atoms with Crippen molar-refractivity contribution in [2.75, 3.05) is 60.3 Å². The molecule has 1 aromatic rings. The summed E-state index contributed by atoms with van der Waals surface area (Å²) in [5.41, 5.74) is 1.74. The third kappa shape index (κ3) is 14.2. The highest BCUT2D eigenvalue weighted by molar-refractivity contribution is 5.67. The van der Waals surface area contributed by atoms with Crippen molar-refractivity contribution >= 4 is 6.09 Å². The number of hydrogen-bond acceptors (Lipinski definition) is 8. The fourth-order valence-corrected chi connectivity index (χ4v) is 3.22. The second-order valence-corrected chi connectivity index (χ2v) is 9.19. The lowest BCUT2D eigenvalue weighted by molar-refractivity contribution is 0.0403. The molecule has 0 fully saturated rings. The topological polar surface area (TPSA) is 96.5 Å². The van der Waals surface area contributed by atoms with Crippen LogP contribution >= 0.6 is 0 Å². The van der Waals surface area contributed by atoms with E-state index in [0.29, 0.717) is 64.2 Å². The number of benzene rings is 1. The summed E-state index contributed by atoms with van der Waals surface area (Å²) in [6.45, 7) is 13.8. The van der Waals surface area contributed by atoms with Gasteiger partial charge in [0, 0.05) is 38.2 Å². The Morgan fingerprint density at radius 1 is 0.944 bits per heavy atom. The molecule has 1 amide bonds. The van der Waals surface area contributed by atoms with Gasteiger partial charge in [-0.1, -0.05) is 18.6 Å². The summed E-state index contributed by atoms with van der Waals surface area (Å²) in [6, 6.07) is 3.79. The number of nitrogens with one attached hydrogen (secondary N) is 2. The van der Waals surface area contributed by atoms with Crippen molar-refractivity contribution < 1.29 is 33.2 Å². The number of alkyl carbamates (subject to hydrolysis) is 1. The van der Waals surface area contributed by atoms with Crippen molar-refractivity contribution in [2.45, 2.75) is 59.6 Å². The maximum Gasteiger partial charge on any atom is 0.407 e. The molecule has 0 aliphatic heterocycles. The fraction of sp³-hybridized carbons (Fsp3) is 0.667. The molecule has 2 N–H and O–H groups in total. The number of allylic oxidation sites excluding steroid dienone is 1. The lowest BCUT2D eigenvalue weighted by Gasteiger charge is -2.19. The van der Waals surface area contributed by atoms with Gasteiger partial charge in [-0.15, -0.1) is 0 Å². The van der Waals surface area contributed by atoms with Crippen LogP contribution in [-0.4, -0.2) is 72.0 Å². The van der Waals surface area contributed by atoms with E-state index in [-0.39, 0.29) is 0 Å². The van der Waals surface area contributed by atoms with Crippen molar-refractivity contribution in [3.63, 3.8) is 0 Å². The van der Waals surface area contributed by atoms with Gasteiger partial charge in [0.1, 0.15) is 22.8 Å². The first-order valence-corrected chi connectivity index (χ1v) is 12.6. The summed E-state index contributed by atoms with van der Waals surface area (Å²) in [4.78, 5) is 11.5. The fourth-order valence-electron chi connectivity index (χ4n) is 3.22. The Morgan fingerprint density at radius 2 is 1.56 bits per heavy atom. The van der Waals surface area contributed by atoms with Gasteiger partial charge in [0.05, 0.1) is 52.8 Å². The minimum atomic E-state index is -0.508. The number of amides is 1. The van der Waals surface area contributed by atoms with E-state index in [9.17, 15) is 4.79 Å². The first kappa shape index (κ1) is 31.5. The highest BCUT2D eigenvalue weighted by Gasteiger charge is 2.15. The maximum atomic E-state index is 11.5. The summed E-state index contributed by atoms with van der Waals surface area (Å²) in [5.74, 6) is 2.15. The summed E-state index contributed by atoms with van der Waals surface area (Å²) in [5, 5.41) is 6.00. The molecule has 0 bridgehead atoms. The van der Waals surface area contributed by atoms with Crippen LogP contribution < -0.4 is 24.8 Å². The van der Waals surface area contributed by atoms with Crippen LogP contribution in [0, 0.1) is 0 Å². The molecular formula is C27H46N2O7. The normalized spacial score (nSPS) is 11.8. The average Bonchev–Trinajstić information content (AvgIpc) is 2.81. The van der Waals surface area contributed by atoms with E-state index in [0.717, 1.165) is 24.2 Å². The van der Waals surface area contributed by atoms with Crippen molar-refractivity contribution in [1.82, 2.24) is 10.6 Å². The largest absolute Gasteiger partial charge is 0.496 e. The number of hydrogen-bond donors (Lipinski definition) is 2. The van der Waals surface area contributed by atoms with Gasteiger partial charge in [-0.2, -0.15) is 0 Å². The van der Waals surface area contributed by atoms with Crippen LogP contribution in [0.2, 0.25) is 0 Å². The van der Waals surface area contributed by atoms with E-state index in [4.69, 9.17) is 28.4 Å². The molecule has 0 aliphatic rings. The second kappa shape index (κ2) is 17.9. The van der Waals surface area contributed by atoms with E-state index in [1.54, 1.807) is 14.2 Å². The van der Waals surface area contributed by atoms with Crippen LogP contribution in [0.4, 0.5) is 4.79 Å². The van der Waals surface area contributed by atoms with Crippen molar-refractivity contribution in [2.24, 2.45) is 0 Å². The molecule has 0 saturated carbocycles. The van der Waals surface area contributed by atoms with Gasteiger partial charge in [0.25, 0.3) is 0 Å². The molecule has 36 heavy (non-hydrogen) atoms. The molecular weight excluding hydrogens is 464 g/mol. The Bertz CT molecular complexity index is 766.